The molecule has 0 spiro atoms. The van der Waals surface area contributed by atoms with E-state index in [9.17, 15) is 4.79 Å². The van der Waals surface area contributed by atoms with Crippen LogP contribution >= 0.6 is 0 Å². The van der Waals surface area contributed by atoms with E-state index in [-0.39, 0.29) is 18.0 Å². The van der Waals surface area contributed by atoms with E-state index in [0.717, 1.165) is 48.3 Å². The quantitative estimate of drug-likeness (QED) is 0.781. The number of fused-ring (bicyclic) bond motifs is 3. The molecule has 2 saturated heterocycles. The van der Waals surface area contributed by atoms with Gasteiger partial charge in [0.25, 0.3) is 0 Å². The first-order valence-corrected chi connectivity index (χ1v) is 9.03. The summed E-state index contributed by atoms with van der Waals surface area (Å²) in [6.07, 6.45) is 9.56. The SMILES string of the molecule is O=C(Cc1cccnc1)N1C2CCC1CN(c1ncnc3[nH]ccc13)C2. The van der Waals surface area contributed by atoms with Crippen molar-refractivity contribution < 1.29 is 4.79 Å². The highest BCUT2D eigenvalue weighted by atomic mass is 16.2. The number of H-pyrrole nitrogens is 1. The zero-order valence-corrected chi connectivity index (χ0v) is 14.4. The summed E-state index contributed by atoms with van der Waals surface area (Å²) in [5.41, 5.74) is 1.83. The summed E-state index contributed by atoms with van der Waals surface area (Å²) in [5.74, 6) is 1.17. The summed E-state index contributed by atoms with van der Waals surface area (Å²) in [4.78, 5) is 33.4. The zero-order valence-electron chi connectivity index (χ0n) is 14.4. The van der Waals surface area contributed by atoms with Crippen LogP contribution in [0.4, 0.5) is 5.82 Å². The normalized spacial score (nSPS) is 22.2. The molecule has 3 aromatic heterocycles. The molecular weight excluding hydrogens is 328 g/mol. The third kappa shape index (κ3) is 2.51. The van der Waals surface area contributed by atoms with Crippen LogP contribution in [0.1, 0.15) is 18.4 Å². The van der Waals surface area contributed by atoms with E-state index in [1.807, 2.05) is 24.4 Å². The number of rotatable bonds is 3. The maximum Gasteiger partial charge on any atom is 0.227 e. The third-order valence-corrected chi connectivity index (χ3v) is 5.48. The first-order valence-electron chi connectivity index (χ1n) is 9.03. The summed E-state index contributed by atoms with van der Waals surface area (Å²) in [7, 11) is 0. The Hall–Kier alpha value is -2.96. The van der Waals surface area contributed by atoms with Gasteiger partial charge in [-0.2, -0.15) is 0 Å². The lowest BCUT2D eigenvalue weighted by Crippen LogP contribution is -2.56. The number of hydrogen-bond acceptors (Lipinski definition) is 5. The molecule has 2 fully saturated rings. The summed E-state index contributed by atoms with van der Waals surface area (Å²) >= 11 is 0. The summed E-state index contributed by atoms with van der Waals surface area (Å²) in [6.45, 7) is 1.65. The number of anilines is 1. The van der Waals surface area contributed by atoms with Crippen LogP contribution in [0.25, 0.3) is 11.0 Å². The van der Waals surface area contributed by atoms with Gasteiger partial charge in [-0.05, 0) is 30.5 Å². The number of nitrogens with zero attached hydrogens (tertiary/aromatic N) is 5. The van der Waals surface area contributed by atoms with Crippen LogP contribution in [-0.4, -0.2) is 55.9 Å². The Bertz CT molecular complexity index is 925. The fourth-order valence-electron chi connectivity index (χ4n) is 4.36. The Morgan fingerprint density at radius 3 is 2.81 bits per heavy atom. The number of carbonyl (C=O) groups excluding carboxylic acids is 1. The summed E-state index contributed by atoms with van der Waals surface area (Å²) < 4.78 is 0. The standard InChI is InChI=1S/C19H20N6O/c26-17(8-13-2-1-6-20-9-13)25-14-3-4-15(25)11-24(10-14)19-16-5-7-21-18(16)22-12-23-19/h1-2,5-7,9,12,14-15H,3-4,8,10-11H2,(H,21,22,23). The Balaban J connectivity index is 1.36. The highest BCUT2D eigenvalue weighted by Gasteiger charge is 2.42. The van der Waals surface area contributed by atoms with Gasteiger partial charge in [0, 0.05) is 43.8 Å². The van der Waals surface area contributed by atoms with Crippen LogP contribution in [0, 0.1) is 0 Å². The molecule has 0 radical (unpaired) electrons. The van der Waals surface area contributed by atoms with Crippen LogP contribution < -0.4 is 4.90 Å². The summed E-state index contributed by atoms with van der Waals surface area (Å²) in [5, 5.41) is 1.04. The lowest BCUT2D eigenvalue weighted by Gasteiger charge is -2.41. The number of carbonyl (C=O) groups is 1. The second-order valence-electron chi connectivity index (χ2n) is 7.07. The molecule has 2 aliphatic rings. The Kier molecular flexibility index (Phi) is 3.58. The zero-order chi connectivity index (χ0) is 17.5. The number of hydrogen-bond donors (Lipinski definition) is 1. The number of aromatic nitrogens is 4. The second kappa shape index (κ2) is 6.09. The number of amides is 1. The van der Waals surface area contributed by atoms with Crippen LogP contribution in [0.15, 0.2) is 43.1 Å². The topological polar surface area (TPSA) is 78.0 Å². The molecular formula is C19H20N6O. The van der Waals surface area contributed by atoms with Crippen LogP contribution in [0.3, 0.4) is 0 Å². The van der Waals surface area contributed by atoms with E-state index >= 15 is 0 Å². The molecule has 1 amide bonds. The predicted octanol–water partition coefficient (Wildman–Crippen LogP) is 1.78. The number of pyridine rings is 1. The van der Waals surface area contributed by atoms with Crippen LogP contribution in [0.5, 0.6) is 0 Å². The molecule has 3 aromatic rings. The minimum Gasteiger partial charge on any atom is -0.352 e. The van der Waals surface area contributed by atoms with Gasteiger partial charge in [-0.1, -0.05) is 6.07 Å². The average molecular weight is 348 g/mol. The fraction of sp³-hybridized carbons (Fsp3) is 0.368. The van der Waals surface area contributed by atoms with Gasteiger partial charge in [0.1, 0.15) is 17.8 Å². The summed E-state index contributed by atoms with van der Waals surface area (Å²) in [6, 6.07) is 6.37. The van der Waals surface area contributed by atoms with E-state index in [4.69, 9.17) is 0 Å². The Labute approximate surface area is 151 Å². The first-order chi connectivity index (χ1) is 12.8. The van der Waals surface area contributed by atoms with Crippen molar-refractivity contribution in [3.05, 3.63) is 48.7 Å². The molecule has 2 bridgehead atoms. The van der Waals surface area contributed by atoms with E-state index in [2.05, 4.69) is 29.7 Å². The lowest BCUT2D eigenvalue weighted by atomic mass is 10.1. The van der Waals surface area contributed by atoms with Crippen LogP contribution in [-0.2, 0) is 11.2 Å². The molecule has 5 rings (SSSR count). The molecule has 26 heavy (non-hydrogen) atoms. The molecule has 2 unspecified atom stereocenters. The van der Waals surface area contributed by atoms with E-state index in [1.165, 1.54) is 0 Å². The lowest BCUT2D eigenvalue weighted by molar-refractivity contribution is -0.133. The molecule has 0 aliphatic carbocycles. The van der Waals surface area contributed by atoms with E-state index in [0.29, 0.717) is 6.42 Å². The molecule has 2 atom stereocenters. The van der Waals surface area contributed by atoms with Gasteiger partial charge in [-0.15, -0.1) is 0 Å². The monoisotopic (exact) mass is 348 g/mol. The van der Waals surface area contributed by atoms with Gasteiger partial charge < -0.3 is 14.8 Å². The van der Waals surface area contributed by atoms with Crippen molar-refractivity contribution in [3.63, 3.8) is 0 Å². The van der Waals surface area contributed by atoms with Gasteiger partial charge in [-0.3, -0.25) is 9.78 Å². The molecule has 0 aromatic carbocycles. The highest BCUT2D eigenvalue weighted by Crippen LogP contribution is 2.34. The molecule has 7 heteroatoms. The molecule has 2 aliphatic heterocycles. The van der Waals surface area contributed by atoms with Gasteiger partial charge in [-0.25, -0.2) is 9.97 Å². The van der Waals surface area contributed by atoms with Crippen molar-refractivity contribution in [1.29, 1.82) is 0 Å². The van der Waals surface area contributed by atoms with Gasteiger partial charge in [0.15, 0.2) is 0 Å². The van der Waals surface area contributed by atoms with Crippen molar-refractivity contribution in [2.45, 2.75) is 31.3 Å². The highest BCUT2D eigenvalue weighted by molar-refractivity contribution is 5.87. The van der Waals surface area contributed by atoms with Crippen molar-refractivity contribution in [2.24, 2.45) is 0 Å². The maximum absolute atomic E-state index is 12.9. The molecule has 5 heterocycles. The molecule has 7 nitrogen and oxygen atoms in total. The number of aromatic amines is 1. The van der Waals surface area contributed by atoms with E-state index < -0.39 is 0 Å². The maximum atomic E-state index is 12.9. The van der Waals surface area contributed by atoms with Crippen molar-refractivity contribution in [1.82, 2.24) is 24.8 Å². The average Bonchev–Trinajstić information content (AvgIpc) is 3.24. The third-order valence-electron chi connectivity index (χ3n) is 5.48. The number of piperazine rings is 1. The van der Waals surface area contributed by atoms with Gasteiger partial charge in [0.05, 0.1) is 11.8 Å². The first kappa shape index (κ1) is 15.3. The van der Waals surface area contributed by atoms with Gasteiger partial charge in [0.2, 0.25) is 5.91 Å². The van der Waals surface area contributed by atoms with Gasteiger partial charge >= 0.3 is 0 Å². The smallest absolute Gasteiger partial charge is 0.227 e. The number of nitrogens with one attached hydrogen (secondary N) is 1. The molecule has 0 saturated carbocycles. The Morgan fingerprint density at radius 1 is 1.19 bits per heavy atom. The fourth-order valence-corrected chi connectivity index (χ4v) is 4.36. The second-order valence-corrected chi connectivity index (χ2v) is 7.07. The van der Waals surface area contributed by atoms with E-state index in [1.54, 1.807) is 18.7 Å². The minimum atomic E-state index is 0.208. The largest absolute Gasteiger partial charge is 0.352 e. The van der Waals surface area contributed by atoms with Crippen molar-refractivity contribution in [3.8, 4) is 0 Å². The molecule has 1 N–H and O–H groups in total. The van der Waals surface area contributed by atoms with Crippen LogP contribution in [0.2, 0.25) is 0 Å². The van der Waals surface area contributed by atoms with Crippen molar-refractivity contribution in [2.75, 3.05) is 18.0 Å². The van der Waals surface area contributed by atoms with Crippen molar-refractivity contribution >= 4 is 22.8 Å². The Morgan fingerprint density at radius 2 is 2.04 bits per heavy atom. The predicted molar refractivity (Wildman–Crippen MR) is 97.7 cm³/mol. The molecule has 132 valence electrons. The minimum absolute atomic E-state index is 0.208.